The summed E-state index contributed by atoms with van der Waals surface area (Å²) in [6, 6.07) is 9.26. The highest BCUT2D eigenvalue weighted by Gasteiger charge is 2.09. The van der Waals surface area contributed by atoms with Gasteiger partial charge in [0, 0.05) is 18.2 Å². The van der Waals surface area contributed by atoms with Gasteiger partial charge in [-0.3, -0.25) is 0 Å². The fourth-order valence-corrected chi connectivity index (χ4v) is 2.16. The zero-order valence-electron chi connectivity index (χ0n) is 10.8. The Bertz CT molecular complexity index is 619. The van der Waals surface area contributed by atoms with Crippen LogP contribution in [-0.4, -0.2) is 5.11 Å². The van der Waals surface area contributed by atoms with Crippen molar-refractivity contribution in [2.24, 2.45) is 0 Å². The zero-order chi connectivity index (χ0) is 14.7. The number of phenolic OH excluding ortho intramolecular Hbond substituents is 1. The molecule has 0 aliphatic rings. The van der Waals surface area contributed by atoms with E-state index in [1.54, 1.807) is 12.1 Å². The van der Waals surface area contributed by atoms with Crippen LogP contribution in [0.1, 0.15) is 24.1 Å². The van der Waals surface area contributed by atoms with E-state index in [-0.39, 0.29) is 17.6 Å². The fourth-order valence-electron chi connectivity index (χ4n) is 1.86. The Labute approximate surface area is 127 Å². The molecular weight excluding hydrogens is 300 g/mol. The second-order valence-corrected chi connectivity index (χ2v) is 5.36. The average Bonchev–Trinajstić information content (AvgIpc) is 2.42. The van der Waals surface area contributed by atoms with Gasteiger partial charge >= 0.3 is 0 Å². The minimum atomic E-state index is -0.373. The van der Waals surface area contributed by atoms with E-state index in [0.717, 1.165) is 5.56 Å². The largest absolute Gasteiger partial charge is 0.508 e. The molecule has 2 aromatic carbocycles. The van der Waals surface area contributed by atoms with Crippen LogP contribution in [0.15, 0.2) is 36.4 Å². The average molecular weight is 314 g/mol. The molecule has 1 unspecified atom stereocenters. The molecule has 0 saturated carbocycles. The molecule has 5 heteroatoms. The summed E-state index contributed by atoms with van der Waals surface area (Å²) < 4.78 is 13.1. The van der Waals surface area contributed by atoms with Crippen molar-refractivity contribution in [3.05, 3.63) is 63.4 Å². The van der Waals surface area contributed by atoms with Gasteiger partial charge in [-0.15, -0.1) is 0 Å². The van der Waals surface area contributed by atoms with E-state index in [4.69, 9.17) is 23.2 Å². The van der Waals surface area contributed by atoms with Gasteiger partial charge in [0.25, 0.3) is 0 Å². The quantitative estimate of drug-likeness (QED) is 0.858. The lowest BCUT2D eigenvalue weighted by atomic mass is 10.1. The summed E-state index contributed by atoms with van der Waals surface area (Å²) in [4.78, 5) is 0. The third kappa shape index (κ3) is 3.63. The molecule has 1 atom stereocenters. The van der Waals surface area contributed by atoms with Gasteiger partial charge in [-0.1, -0.05) is 29.3 Å². The summed E-state index contributed by atoms with van der Waals surface area (Å²) in [6.07, 6.45) is 0. The van der Waals surface area contributed by atoms with Gasteiger partial charge in [0.05, 0.1) is 10.0 Å². The van der Waals surface area contributed by atoms with Crippen LogP contribution in [0, 0.1) is 5.82 Å². The molecule has 2 nitrogen and oxygen atoms in total. The van der Waals surface area contributed by atoms with Crippen molar-refractivity contribution >= 4 is 23.2 Å². The third-order valence-electron chi connectivity index (χ3n) is 3.08. The number of rotatable bonds is 4. The van der Waals surface area contributed by atoms with Gasteiger partial charge in [-0.25, -0.2) is 4.39 Å². The maximum absolute atomic E-state index is 13.1. The Balaban J connectivity index is 2.06. The maximum Gasteiger partial charge on any atom is 0.123 e. The SMILES string of the molecule is CC(NCc1cc(F)ccc1O)c1ccc(Cl)c(Cl)c1. The number of benzene rings is 2. The molecule has 2 aromatic rings. The molecule has 0 aromatic heterocycles. The van der Waals surface area contributed by atoms with Crippen molar-refractivity contribution in [2.45, 2.75) is 19.5 Å². The molecule has 106 valence electrons. The van der Waals surface area contributed by atoms with E-state index in [9.17, 15) is 9.50 Å². The predicted octanol–water partition coefficient (Wildman–Crippen LogP) is 4.69. The molecule has 0 bridgehead atoms. The standard InChI is InChI=1S/C15H14Cl2FNO/c1-9(10-2-4-13(16)14(17)7-10)19-8-11-6-12(18)3-5-15(11)20/h2-7,9,19-20H,8H2,1H3. The van der Waals surface area contributed by atoms with E-state index in [2.05, 4.69) is 5.32 Å². The Morgan fingerprint density at radius 1 is 1.15 bits per heavy atom. The molecule has 0 fully saturated rings. The molecule has 20 heavy (non-hydrogen) atoms. The Kier molecular flexibility index (Phi) is 4.86. The van der Waals surface area contributed by atoms with Crippen molar-refractivity contribution < 1.29 is 9.50 Å². The molecule has 2 rings (SSSR count). The van der Waals surface area contributed by atoms with Crippen molar-refractivity contribution in [1.82, 2.24) is 5.32 Å². The van der Waals surface area contributed by atoms with Crippen LogP contribution in [0.25, 0.3) is 0 Å². The van der Waals surface area contributed by atoms with Crippen LogP contribution >= 0.6 is 23.2 Å². The molecule has 0 saturated heterocycles. The summed E-state index contributed by atoms with van der Waals surface area (Å²) in [5.74, 6) is -0.304. The summed E-state index contributed by atoms with van der Waals surface area (Å²) in [5.41, 5.74) is 1.48. The van der Waals surface area contributed by atoms with Gasteiger partial charge in [-0.05, 0) is 42.8 Å². The highest BCUT2D eigenvalue weighted by atomic mass is 35.5. The van der Waals surface area contributed by atoms with Gasteiger partial charge in [0.1, 0.15) is 11.6 Å². The van der Waals surface area contributed by atoms with Gasteiger partial charge in [-0.2, -0.15) is 0 Å². The lowest BCUT2D eigenvalue weighted by molar-refractivity contribution is 0.457. The maximum atomic E-state index is 13.1. The molecule has 2 N–H and O–H groups in total. The van der Waals surface area contributed by atoms with E-state index < -0.39 is 0 Å². The third-order valence-corrected chi connectivity index (χ3v) is 3.82. The molecule has 0 spiro atoms. The first kappa shape index (κ1) is 15.1. The molecule has 0 aliphatic carbocycles. The van der Waals surface area contributed by atoms with E-state index in [0.29, 0.717) is 22.2 Å². The lowest BCUT2D eigenvalue weighted by Gasteiger charge is -2.15. The van der Waals surface area contributed by atoms with Crippen LogP contribution in [0.5, 0.6) is 5.75 Å². The fraction of sp³-hybridized carbons (Fsp3) is 0.200. The molecular formula is C15H14Cl2FNO. The molecule has 0 amide bonds. The van der Waals surface area contributed by atoms with Crippen molar-refractivity contribution in [3.63, 3.8) is 0 Å². The lowest BCUT2D eigenvalue weighted by Crippen LogP contribution is -2.18. The second kappa shape index (κ2) is 6.44. The summed E-state index contributed by atoms with van der Waals surface area (Å²) in [7, 11) is 0. The second-order valence-electron chi connectivity index (χ2n) is 4.55. The van der Waals surface area contributed by atoms with Crippen LogP contribution in [-0.2, 0) is 6.54 Å². The zero-order valence-corrected chi connectivity index (χ0v) is 12.3. The van der Waals surface area contributed by atoms with Crippen molar-refractivity contribution in [2.75, 3.05) is 0 Å². The monoisotopic (exact) mass is 313 g/mol. The summed E-state index contributed by atoms with van der Waals surface area (Å²) in [5, 5.41) is 13.9. The van der Waals surface area contributed by atoms with E-state index in [1.807, 2.05) is 13.0 Å². The van der Waals surface area contributed by atoms with Gasteiger partial charge in [0.2, 0.25) is 0 Å². The highest BCUT2D eigenvalue weighted by Crippen LogP contribution is 2.26. The summed E-state index contributed by atoms with van der Waals surface area (Å²) in [6.45, 7) is 2.31. The van der Waals surface area contributed by atoms with Crippen LogP contribution in [0.4, 0.5) is 4.39 Å². The van der Waals surface area contributed by atoms with Crippen LogP contribution in [0.2, 0.25) is 10.0 Å². The number of nitrogens with one attached hydrogen (secondary N) is 1. The Morgan fingerprint density at radius 3 is 2.60 bits per heavy atom. The van der Waals surface area contributed by atoms with Crippen LogP contribution in [0.3, 0.4) is 0 Å². The first-order chi connectivity index (χ1) is 9.47. The number of halogens is 3. The Morgan fingerprint density at radius 2 is 1.90 bits per heavy atom. The van der Waals surface area contributed by atoms with Crippen molar-refractivity contribution in [1.29, 1.82) is 0 Å². The molecule has 0 radical (unpaired) electrons. The molecule has 0 heterocycles. The minimum absolute atomic E-state index is 0.00701. The van der Waals surface area contributed by atoms with E-state index in [1.165, 1.54) is 18.2 Å². The molecule has 0 aliphatic heterocycles. The summed E-state index contributed by atoms with van der Waals surface area (Å²) >= 11 is 11.8. The highest BCUT2D eigenvalue weighted by molar-refractivity contribution is 6.42. The topological polar surface area (TPSA) is 32.3 Å². The first-order valence-electron chi connectivity index (χ1n) is 6.13. The van der Waals surface area contributed by atoms with Gasteiger partial charge < -0.3 is 10.4 Å². The van der Waals surface area contributed by atoms with E-state index >= 15 is 0 Å². The predicted molar refractivity (Wildman–Crippen MR) is 79.8 cm³/mol. The van der Waals surface area contributed by atoms with Gasteiger partial charge in [0.15, 0.2) is 0 Å². The number of hydrogen-bond donors (Lipinski definition) is 2. The number of phenols is 1. The minimum Gasteiger partial charge on any atom is -0.508 e. The normalized spacial score (nSPS) is 12.4. The Hall–Kier alpha value is -1.29. The van der Waals surface area contributed by atoms with Crippen molar-refractivity contribution in [3.8, 4) is 5.75 Å². The smallest absolute Gasteiger partial charge is 0.123 e. The number of aromatic hydroxyl groups is 1. The first-order valence-corrected chi connectivity index (χ1v) is 6.88. The van der Waals surface area contributed by atoms with Crippen LogP contribution < -0.4 is 5.32 Å². The number of hydrogen-bond acceptors (Lipinski definition) is 2.